The van der Waals surface area contributed by atoms with Crippen LogP contribution in [-0.2, 0) is 0 Å². The maximum atomic E-state index is 2.38. The number of para-hydroxylation sites is 2. The van der Waals surface area contributed by atoms with E-state index in [2.05, 4.69) is 289 Å². The second-order valence-electron chi connectivity index (χ2n) is 17.4. The highest BCUT2D eigenvalue weighted by Gasteiger charge is 2.17. The van der Waals surface area contributed by atoms with E-state index >= 15 is 0 Å². The summed E-state index contributed by atoms with van der Waals surface area (Å²) in [5.74, 6) is 0. The largest absolute Gasteiger partial charge is 0.311 e. The Balaban J connectivity index is 0.957. The van der Waals surface area contributed by atoms with Gasteiger partial charge in [0.25, 0.3) is 0 Å². The number of nitrogens with zero attached hydrogens (tertiary/aromatic N) is 2. The summed E-state index contributed by atoms with van der Waals surface area (Å²) < 4.78 is 2.38. The van der Waals surface area contributed by atoms with Gasteiger partial charge in [0, 0.05) is 33.5 Å². The Kier molecular flexibility index (Phi) is 10.6. The predicted octanol–water partition coefficient (Wildman–Crippen LogP) is 18.3. The van der Waals surface area contributed by atoms with Gasteiger partial charge in [-0.25, -0.2) is 0 Å². The van der Waals surface area contributed by atoms with E-state index in [9.17, 15) is 0 Å². The molecule has 0 aliphatic carbocycles. The fourth-order valence-electron chi connectivity index (χ4n) is 9.78. The van der Waals surface area contributed by atoms with Gasteiger partial charge in [-0.15, -0.1) is 0 Å². The molecule has 0 saturated carbocycles. The number of rotatable bonds is 10. The van der Waals surface area contributed by atoms with Crippen molar-refractivity contribution in [3.8, 4) is 72.4 Å². The summed E-state index contributed by atoms with van der Waals surface area (Å²) in [4.78, 5) is 2.37. The third-order valence-electron chi connectivity index (χ3n) is 13.2. The van der Waals surface area contributed by atoms with Gasteiger partial charge in [-0.3, -0.25) is 0 Å². The summed E-state index contributed by atoms with van der Waals surface area (Å²) in [5, 5.41) is 2.51. The van der Waals surface area contributed by atoms with Crippen LogP contribution in [0.4, 0.5) is 17.1 Å². The Labute approximate surface area is 397 Å². The van der Waals surface area contributed by atoms with Crippen molar-refractivity contribution >= 4 is 38.9 Å². The average molecular weight is 867 g/mol. The molecule has 0 aliphatic heterocycles. The van der Waals surface area contributed by atoms with Gasteiger partial charge >= 0.3 is 0 Å². The van der Waals surface area contributed by atoms with Crippen LogP contribution in [0.3, 0.4) is 0 Å². The highest BCUT2D eigenvalue weighted by molar-refractivity contribution is 6.09. The third kappa shape index (κ3) is 7.85. The number of anilines is 3. The molecule has 0 fully saturated rings. The topological polar surface area (TPSA) is 8.17 Å². The Morgan fingerprint density at radius 1 is 0.206 bits per heavy atom. The molecule has 0 radical (unpaired) electrons. The quantitative estimate of drug-likeness (QED) is 0.133. The maximum Gasteiger partial charge on any atom is 0.0541 e. The molecule has 0 aliphatic rings. The summed E-state index contributed by atoms with van der Waals surface area (Å²) in [6, 6.07) is 101. The van der Waals surface area contributed by atoms with Crippen molar-refractivity contribution in [3.63, 3.8) is 0 Å². The zero-order valence-corrected chi connectivity index (χ0v) is 37.5. The van der Waals surface area contributed by atoms with Crippen LogP contribution in [0.5, 0.6) is 0 Å². The van der Waals surface area contributed by atoms with Crippen LogP contribution in [0.2, 0.25) is 0 Å². The molecule has 12 aromatic rings. The Bertz CT molecular complexity index is 3330. The lowest BCUT2D eigenvalue weighted by atomic mass is 9.93. The number of benzene rings is 11. The van der Waals surface area contributed by atoms with Crippen LogP contribution in [0.1, 0.15) is 0 Å². The minimum absolute atomic E-state index is 1.07. The zero-order valence-electron chi connectivity index (χ0n) is 37.5. The van der Waals surface area contributed by atoms with Crippen LogP contribution in [-0.4, -0.2) is 4.57 Å². The lowest BCUT2D eigenvalue weighted by molar-refractivity contribution is 1.17. The van der Waals surface area contributed by atoms with Gasteiger partial charge in [0.2, 0.25) is 0 Å². The summed E-state index contributed by atoms with van der Waals surface area (Å²) in [6.45, 7) is 0. The average Bonchev–Trinajstić information content (AvgIpc) is 3.76. The molecule has 0 spiro atoms. The van der Waals surface area contributed by atoms with Crippen molar-refractivity contribution in [2.45, 2.75) is 0 Å². The fourth-order valence-corrected chi connectivity index (χ4v) is 9.78. The normalized spacial score (nSPS) is 11.2. The molecule has 0 atom stereocenters. The van der Waals surface area contributed by atoms with Gasteiger partial charge in [-0.05, 0) is 164 Å². The SMILES string of the molecule is c1ccc(-c2cc(-c3ccccc3)cc(-c3ccc(N(c4ccc(-c5cc(-c6ccccc6)cc(-c6ccccc6)c5)cc4)c4ccc(-n5c6ccccc6c6ccccc65)cc4)cc3)c2)cc1. The minimum Gasteiger partial charge on any atom is -0.311 e. The molecule has 0 N–H and O–H groups in total. The molecular weight excluding hydrogens is 821 g/mol. The van der Waals surface area contributed by atoms with Crippen LogP contribution in [0, 0.1) is 0 Å². The molecule has 2 heteroatoms. The Morgan fingerprint density at radius 2 is 0.456 bits per heavy atom. The molecule has 0 bridgehead atoms. The van der Waals surface area contributed by atoms with Crippen molar-refractivity contribution in [1.29, 1.82) is 0 Å². The molecule has 1 aromatic heterocycles. The first-order valence-electron chi connectivity index (χ1n) is 23.3. The van der Waals surface area contributed by atoms with E-state index in [4.69, 9.17) is 0 Å². The first-order chi connectivity index (χ1) is 33.7. The van der Waals surface area contributed by atoms with Crippen molar-refractivity contribution in [3.05, 3.63) is 279 Å². The lowest BCUT2D eigenvalue weighted by Gasteiger charge is -2.26. The molecule has 0 saturated heterocycles. The molecular formula is C66H46N2. The number of hydrogen-bond donors (Lipinski definition) is 0. The van der Waals surface area contributed by atoms with Gasteiger partial charge in [0.1, 0.15) is 0 Å². The Hall–Kier alpha value is -8.98. The van der Waals surface area contributed by atoms with Gasteiger partial charge in [-0.2, -0.15) is 0 Å². The van der Waals surface area contributed by atoms with Crippen molar-refractivity contribution < 1.29 is 0 Å². The third-order valence-corrected chi connectivity index (χ3v) is 13.2. The number of hydrogen-bond acceptors (Lipinski definition) is 1. The minimum atomic E-state index is 1.07. The lowest BCUT2D eigenvalue weighted by Crippen LogP contribution is -2.10. The van der Waals surface area contributed by atoms with Gasteiger partial charge < -0.3 is 9.47 Å². The van der Waals surface area contributed by atoms with Gasteiger partial charge in [-0.1, -0.05) is 182 Å². The highest BCUT2D eigenvalue weighted by Crippen LogP contribution is 2.41. The molecule has 11 aromatic carbocycles. The van der Waals surface area contributed by atoms with E-state index in [0.717, 1.165) is 33.9 Å². The van der Waals surface area contributed by atoms with Crippen LogP contribution in [0.15, 0.2) is 279 Å². The Morgan fingerprint density at radius 3 is 0.765 bits per heavy atom. The maximum absolute atomic E-state index is 2.38. The van der Waals surface area contributed by atoms with E-state index in [-0.39, 0.29) is 0 Å². The van der Waals surface area contributed by atoms with Gasteiger partial charge in [0.15, 0.2) is 0 Å². The summed E-state index contributed by atoms with van der Waals surface area (Å²) in [5.41, 5.74) is 21.0. The standard InChI is InChI=1S/C66H46N2/c1-5-17-47(18-6-1)53-41-54(48-19-7-2-8-20-48)44-57(43-53)51-29-33-59(34-30-51)67(61-37-39-62(40-38-61)68-65-27-15-13-25-63(65)64-26-14-16-28-66(64)68)60-35-31-52(32-36-60)58-45-55(49-21-9-3-10-22-49)42-56(46-58)50-23-11-4-12-24-50/h1-46H. The van der Waals surface area contributed by atoms with Crippen molar-refractivity contribution in [1.82, 2.24) is 4.57 Å². The van der Waals surface area contributed by atoms with Crippen LogP contribution >= 0.6 is 0 Å². The van der Waals surface area contributed by atoms with Gasteiger partial charge in [0.05, 0.1) is 11.0 Å². The summed E-state index contributed by atoms with van der Waals surface area (Å²) >= 11 is 0. The molecule has 68 heavy (non-hydrogen) atoms. The van der Waals surface area contributed by atoms with Crippen molar-refractivity contribution in [2.75, 3.05) is 4.90 Å². The van der Waals surface area contributed by atoms with Crippen molar-refractivity contribution in [2.24, 2.45) is 0 Å². The molecule has 12 rings (SSSR count). The molecule has 320 valence electrons. The molecule has 1 heterocycles. The smallest absolute Gasteiger partial charge is 0.0541 e. The van der Waals surface area contributed by atoms with Crippen LogP contribution in [0.25, 0.3) is 94.3 Å². The van der Waals surface area contributed by atoms with E-state index in [1.54, 1.807) is 0 Å². The number of fused-ring (bicyclic) bond motifs is 3. The summed E-state index contributed by atoms with van der Waals surface area (Å²) in [7, 11) is 0. The second-order valence-corrected chi connectivity index (χ2v) is 17.4. The highest BCUT2D eigenvalue weighted by atomic mass is 15.1. The molecule has 2 nitrogen and oxygen atoms in total. The van der Waals surface area contributed by atoms with Crippen LogP contribution < -0.4 is 4.90 Å². The van der Waals surface area contributed by atoms with E-state index in [0.29, 0.717) is 0 Å². The van der Waals surface area contributed by atoms with E-state index in [1.807, 2.05) is 0 Å². The zero-order chi connectivity index (χ0) is 45.2. The molecule has 0 amide bonds. The second kappa shape index (κ2) is 17.8. The predicted molar refractivity (Wildman–Crippen MR) is 288 cm³/mol. The fraction of sp³-hybridized carbons (Fsp3) is 0. The van der Waals surface area contributed by atoms with E-state index < -0.39 is 0 Å². The molecule has 0 unspecified atom stereocenters. The summed E-state index contributed by atoms with van der Waals surface area (Å²) in [6.07, 6.45) is 0. The monoisotopic (exact) mass is 866 g/mol. The first kappa shape index (κ1) is 40.5. The first-order valence-corrected chi connectivity index (χ1v) is 23.3. The van der Waals surface area contributed by atoms with E-state index in [1.165, 1.54) is 77.4 Å². The number of aromatic nitrogens is 1.